The molecular weight excluding hydrogens is 522 g/mol. The maximum absolute atomic E-state index is 14.6. The van der Waals surface area contributed by atoms with E-state index in [1.54, 1.807) is 33.7 Å². The Kier molecular flexibility index (Phi) is 8.76. The van der Waals surface area contributed by atoms with Crippen LogP contribution in [0.1, 0.15) is 51.0 Å². The lowest BCUT2D eigenvalue weighted by atomic mass is 9.65. The normalized spacial score (nSPS) is 31.2. The SMILES string of the molecule is C=CCN(Cc1ccccc1)C(=O)[C@@H]1[C@@H]2CC(C)C3(S2)C(C(=O)N(CC=C)C2CCCCC2)N(CCO)C(=O)[C@H]13. The van der Waals surface area contributed by atoms with Gasteiger partial charge in [-0.2, -0.15) is 0 Å². The first kappa shape index (κ1) is 28.9. The summed E-state index contributed by atoms with van der Waals surface area (Å²) < 4.78 is -0.686. The molecule has 1 N–H and O–H groups in total. The van der Waals surface area contributed by atoms with Crippen molar-refractivity contribution in [3.05, 3.63) is 61.2 Å². The number of hydrogen-bond acceptors (Lipinski definition) is 5. The highest BCUT2D eigenvalue weighted by molar-refractivity contribution is 8.02. The van der Waals surface area contributed by atoms with Gasteiger partial charge in [-0.15, -0.1) is 24.9 Å². The van der Waals surface area contributed by atoms with Gasteiger partial charge in [0, 0.05) is 37.5 Å². The quantitative estimate of drug-likeness (QED) is 0.412. The molecular formula is C32H43N3O4S. The second-order valence-corrected chi connectivity index (χ2v) is 13.4. The van der Waals surface area contributed by atoms with Crippen molar-refractivity contribution in [1.29, 1.82) is 0 Å². The molecule has 3 aliphatic heterocycles. The molecule has 1 saturated carbocycles. The van der Waals surface area contributed by atoms with Gasteiger partial charge in [0.15, 0.2) is 0 Å². The lowest BCUT2D eigenvalue weighted by Gasteiger charge is -2.43. The molecule has 2 bridgehead atoms. The molecule has 0 radical (unpaired) electrons. The molecule has 1 aliphatic carbocycles. The smallest absolute Gasteiger partial charge is 0.247 e. The summed E-state index contributed by atoms with van der Waals surface area (Å²) >= 11 is 1.70. The van der Waals surface area contributed by atoms with Crippen molar-refractivity contribution in [1.82, 2.24) is 14.7 Å². The molecule has 7 nitrogen and oxygen atoms in total. The van der Waals surface area contributed by atoms with Crippen LogP contribution in [-0.2, 0) is 20.9 Å². The summed E-state index contributed by atoms with van der Waals surface area (Å²) in [6.07, 6.45) is 9.58. The molecule has 3 unspecified atom stereocenters. The molecule has 1 spiro atoms. The highest BCUT2D eigenvalue weighted by Gasteiger charge is 2.76. The van der Waals surface area contributed by atoms with Crippen LogP contribution in [0.3, 0.4) is 0 Å². The summed E-state index contributed by atoms with van der Waals surface area (Å²) in [6.45, 7) is 11.1. The number of hydrogen-bond donors (Lipinski definition) is 1. The van der Waals surface area contributed by atoms with Crippen molar-refractivity contribution < 1.29 is 19.5 Å². The minimum atomic E-state index is -0.691. The summed E-state index contributed by atoms with van der Waals surface area (Å²) in [5.41, 5.74) is 1.02. The summed E-state index contributed by atoms with van der Waals surface area (Å²) in [5, 5.41) is 9.98. The fourth-order valence-electron chi connectivity index (χ4n) is 7.94. The topological polar surface area (TPSA) is 81.2 Å². The largest absolute Gasteiger partial charge is 0.395 e. The van der Waals surface area contributed by atoms with Crippen LogP contribution in [0.25, 0.3) is 0 Å². The van der Waals surface area contributed by atoms with Crippen LogP contribution in [0.5, 0.6) is 0 Å². The molecule has 4 fully saturated rings. The lowest BCUT2D eigenvalue weighted by Crippen LogP contribution is -2.59. The first-order chi connectivity index (χ1) is 19.4. The molecule has 3 amide bonds. The van der Waals surface area contributed by atoms with Crippen LogP contribution in [-0.4, -0.2) is 85.8 Å². The van der Waals surface area contributed by atoms with Gasteiger partial charge in [0.1, 0.15) is 6.04 Å². The molecule has 3 heterocycles. The van der Waals surface area contributed by atoms with Crippen molar-refractivity contribution in [3.8, 4) is 0 Å². The Morgan fingerprint density at radius 2 is 1.80 bits per heavy atom. The fourth-order valence-corrected chi connectivity index (χ4v) is 10.3. The van der Waals surface area contributed by atoms with E-state index in [4.69, 9.17) is 0 Å². The number of carbonyl (C=O) groups is 3. The number of nitrogens with zero attached hydrogens (tertiary/aromatic N) is 3. The zero-order valence-electron chi connectivity index (χ0n) is 23.6. The Morgan fingerprint density at radius 1 is 1.10 bits per heavy atom. The number of rotatable bonds is 11. The summed E-state index contributed by atoms with van der Waals surface area (Å²) in [7, 11) is 0. The van der Waals surface area contributed by atoms with Crippen molar-refractivity contribution in [2.75, 3.05) is 26.2 Å². The van der Waals surface area contributed by atoms with E-state index < -0.39 is 22.6 Å². The lowest BCUT2D eigenvalue weighted by molar-refractivity contribution is -0.146. The van der Waals surface area contributed by atoms with Crippen LogP contribution >= 0.6 is 11.8 Å². The Bertz CT molecular complexity index is 1120. The molecule has 216 valence electrons. The molecule has 8 heteroatoms. The first-order valence-electron chi connectivity index (χ1n) is 14.8. The molecule has 40 heavy (non-hydrogen) atoms. The number of benzene rings is 1. The molecule has 4 aliphatic rings. The highest BCUT2D eigenvalue weighted by Crippen LogP contribution is 2.69. The van der Waals surface area contributed by atoms with E-state index in [1.165, 1.54) is 6.42 Å². The first-order valence-corrected chi connectivity index (χ1v) is 15.7. The number of thioether (sulfide) groups is 1. The Hall–Kier alpha value is -2.58. The number of carbonyl (C=O) groups excluding carboxylic acids is 3. The van der Waals surface area contributed by atoms with Gasteiger partial charge < -0.3 is 19.8 Å². The van der Waals surface area contributed by atoms with Gasteiger partial charge in [0.05, 0.1) is 23.2 Å². The monoisotopic (exact) mass is 565 g/mol. The van der Waals surface area contributed by atoms with Crippen LogP contribution in [0.15, 0.2) is 55.6 Å². The number of amides is 3. The van der Waals surface area contributed by atoms with Gasteiger partial charge in [-0.25, -0.2) is 0 Å². The minimum absolute atomic E-state index is 0.0198. The van der Waals surface area contributed by atoms with E-state index in [0.29, 0.717) is 19.6 Å². The predicted octanol–water partition coefficient (Wildman–Crippen LogP) is 3.88. The fraction of sp³-hybridized carbons (Fsp3) is 0.594. The van der Waals surface area contributed by atoms with E-state index in [-0.39, 0.29) is 48.1 Å². The number of β-amino-alcohol motifs (C(OH)–C–C–N with tert-alkyl or cyclic N) is 1. The second-order valence-electron chi connectivity index (χ2n) is 11.9. The maximum atomic E-state index is 14.6. The number of aliphatic hydroxyl groups excluding tert-OH is 1. The van der Waals surface area contributed by atoms with Gasteiger partial charge in [-0.1, -0.05) is 68.7 Å². The molecule has 1 aromatic carbocycles. The number of aliphatic hydroxyl groups is 1. The van der Waals surface area contributed by atoms with Crippen LogP contribution in [0.2, 0.25) is 0 Å². The van der Waals surface area contributed by atoms with Crippen molar-refractivity contribution >= 4 is 29.5 Å². The molecule has 5 rings (SSSR count). The highest BCUT2D eigenvalue weighted by atomic mass is 32.2. The molecule has 6 atom stereocenters. The van der Waals surface area contributed by atoms with E-state index >= 15 is 0 Å². The van der Waals surface area contributed by atoms with E-state index in [1.807, 2.05) is 35.2 Å². The summed E-state index contributed by atoms with van der Waals surface area (Å²) in [5.74, 6) is -1.24. The van der Waals surface area contributed by atoms with Gasteiger partial charge in [-0.3, -0.25) is 14.4 Å². The predicted molar refractivity (Wildman–Crippen MR) is 158 cm³/mol. The third kappa shape index (κ3) is 4.81. The van der Waals surface area contributed by atoms with Crippen molar-refractivity contribution in [3.63, 3.8) is 0 Å². The zero-order chi connectivity index (χ0) is 28.4. The van der Waals surface area contributed by atoms with E-state index in [9.17, 15) is 19.5 Å². The maximum Gasteiger partial charge on any atom is 0.247 e. The van der Waals surface area contributed by atoms with Gasteiger partial charge in [-0.05, 0) is 30.7 Å². The van der Waals surface area contributed by atoms with Gasteiger partial charge in [0.2, 0.25) is 17.7 Å². The second kappa shape index (κ2) is 12.1. The van der Waals surface area contributed by atoms with E-state index in [2.05, 4.69) is 20.1 Å². The Balaban J connectivity index is 1.50. The van der Waals surface area contributed by atoms with E-state index in [0.717, 1.165) is 37.7 Å². The average Bonchev–Trinajstić information content (AvgIpc) is 3.56. The summed E-state index contributed by atoms with van der Waals surface area (Å²) in [6, 6.07) is 9.31. The van der Waals surface area contributed by atoms with Crippen LogP contribution in [0.4, 0.5) is 0 Å². The van der Waals surface area contributed by atoms with Crippen LogP contribution in [0, 0.1) is 17.8 Å². The number of fused-ring (bicyclic) bond motifs is 1. The molecule has 3 saturated heterocycles. The Morgan fingerprint density at radius 3 is 2.45 bits per heavy atom. The van der Waals surface area contributed by atoms with Crippen molar-refractivity contribution in [2.24, 2.45) is 17.8 Å². The minimum Gasteiger partial charge on any atom is -0.395 e. The standard InChI is InChI=1S/C32H43N3O4S/c1-4-16-33(21-23-12-8-6-9-13-23)29(37)26-25-20-22(3)32(40-25)27(26)30(38)35(18-19-36)28(32)31(39)34(17-5-2)24-14-10-7-11-15-24/h4-6,8-9,12-13,22,24-28,36H,1-2,7,10-11,14-21H2,3H3/t22?,25-,26+,27-,28?,32?/m0/s1. The Labute approximate surface area is 242 Å². The number of likely N-dealkylation sites (tertiary alicyclic amines) is 1. The third-order valence-electron chi connectivity index (χ3n) is 9.61. The molecule has 0 aromatic heterocycles. The van der Waals surface area contributed by atoms with Gasteiger partial charge >= 0.3 is 0 Å². The van der Waals surface area contributed by atoms with Crippen molar-refractivity contribution in [2.45, 2.75) is 74.1 Å². The average molecular weight is 566 g/mol. The van der Waals surface area contributed by atoms with Gasteiger partial charge in [0.25, 0.3) is 0 Å². The van der Waals surface area contributed by atoms with Crippen LogP contribution < -0.4 is 0 Å². The third-order valence-corrected chi connectivity index (χ3v) is 11.7. The molecule has 1 aromatic rings. The zero-order valence-corrected chi connectivity index (χ0v) is 24.4. The summed E-state index contributed by atoms with van der Waals surface area (Å²) in [4.78, 5) is 48.5.